The number of alkyl halides is 1. The molecule has 0 bridgehead atoms. The topological polar surface area (TPSA) is 59.3 Å². The summed E-state index contributed by atoms with van der Waals surface area (Å²) in [6, 6.07) is 0. The van der Waals surface area contributed by atoms with Crippen molar-refractivity contribution in [2.45, 2.75) is 4.23 Å². The van der Waals surface area contributed by atoms with Crippen molar-refractivity contribution in [2.75, 3.05) is 7.05 Å². The first-order valence-corrected chi connectivity index (χ1v) is 7.23. The molecule has 0 aromatic heterocycles. The Labute approximate surface area is 87.4 Å². The second-order valence-corrected chi connectivity index (χ2v) is 9.96. The summed E-state index contributed by atoms with van der Waals surface area (Å²) in [6.45, 7) is 3.60. The molecule has 0 aromatic rings. The fourth-order valence-corrected chi connectivity index (χ4v) is 8.54. The van der Waals surface area contributed by atoms with Gasteiger partial charge in [-0.25, -0.2) is 0 Å². The monoisotopic (exact) mass is 385 g/mol. The van der Waals surface area contributed by atoms with Gasteiger partial charge in [0.05, 0.1) is 0 Å². The Hall–Kier alpha value is 0.840. The number of quaternary nitrogens is 1. The predicted molar refractivity (Wildman–Crippen MR) is 59.8 cm³/mol. The van der Waals surface area contributed by atoms with Crippen LogP contribution in [-0.2, 0) is 4.84 Å². The van der Waals surface area contributed by atoms with Gasteiger partial charge in [-0.15, -0.1) is 0 Å². The number of halogens is 2. The summed E-state index contributed by atoms with van der Waals surface area (Å²) in [5.41, 5.74) is 3.10. The fourth-order valence-electron chi connectivity index (χ4n) is 0.814. The summed E-state index contributed by atoms with van der Waals surface area (Å²) >= 11 is 0.852. The van der Waals surface area contributed by atoms with Gasteiger partial charge in [-0.3, -0.25) is 0 Å². The summed E-state index contributed by atoms with van der Waals surface area (Å²) in [5, 5.41) is 0. The van der Waals surface area contributed by atoms with E-state index in [1.54, 1.807) is 6.20 Å². The summed E-state index contributed by atoms with van der Waals surface area (Å²) in [4.78, 5) is 4.80. The molecule has 1 saturated heterocycles. The second kappa shape index (κ2) is 3.70. The molecule has 66 valence electrons. The maximum absolute atomic E-state index is 5.11. The maximum atomic E-state index is 5.11. The molecule has 2 unspecified atom stereocenters. The minimum atomic E-state index is -1.29. The van der Waals surface area contributed by atoms with Gasteiger partial charge in [-0.05, 0) is 0 Å². The molecular weight excluding hydrogens is 374 g/mol. The predicted octanol–water partition coefficient (Wildman–Crippen LogP) is 0.545. The number of nitrogens with two attached hydrogens (primary N) is 1. The Balaban J connectivity index is 2.53. The summed E-state index contributed by atoms with van der Waals surface area (Å²) in [6.07, 6.45) is 1.66. The number of nitrogens with zero attached hydrogens (tertiary/aromatic N) is 1. The molecule has 4 N–H and O–H groups in total. The standard InChI is InChI=1S/C4H11I2N4O/c1-3-8-10(2)4(11-7)6(10)9-5/h3-4,8-9H,1,7H2,2H3/q+1. The molecule has 7 heteroatoms. The van der Waals surface area contributed by atoms with Crippen LogP contribution >= 0.6 is 43.2 Å². The van der Waals surface area contributed by atoms with Crippen molar-refractivity contribution in [3.8, 4) is 0 Å². The molecule has 0 aliphatic carbocycles. The molecule has 1 heterocycles. The van der Waals surface area contributed by atoms with Gasteiger partial charge < -0.3 is 0 Å². The van der Waals surface area contributed by atoms with Gasteiger partial charge >= 0.3 is 88.0 Å². The average molecular weight is 385 g/mol. The van der Waals surface area contributed by atoms with Crippen molar-refractivity contribution in [1.29, 1.82) is 0 Å². The van der Waals surface area contributed by atoms with Crippen molar-refractivity contribution in [3.05, 3.63) is 12.8 Å². The number of hydrogen-bond donors (Lipinski definition) is 3. The third-order valence-electron chi connectivity index (χ3n) is 1.43. The molecule has 2 atom stereocenters. The third-order valence-corrected chi connectivity index (χ3v) is 9.44. The third kappa shape index (κ3) is 1.62. The van der Waals surface area contributed by atoms with E-state index in [0.29, 0.717) is 2.81 Å². The molecule has 1 aliphatic heterocycles. The fraction of sp³-hybridized carbons (Fsp3) is 0.500. The Morgan fingerprint density at radius 3 is 2.82 bits per heavy atom. The van der Waals surface area contributed by atoms with E-state index in [1.807, 2.05) is 7.05 Å². The molecule has 1 fully saturated rings. The van der Waals surface area contributed by atoms with Crippen molar-refractivity contribution in [2.24, 2.45) is 5.90 Å². The Morgan fingerprint density at radius 1 is 1.91 bits per heavy atom. The number of nitrogens with one attached hydrogen (secondary N) is 2. The van der Waals surface area contributed by atoms with Crippen molar-refractivity contribution in [3.63, 3.8) is 0 Å². The Kier molecular flexibility index (Phi) is 3.34. The van der Waals surface area contributed by atoms with Gasteiger partial charge in [-0.2, -0.15) is 0 Å². The van der Waals surface area contributed by atoms with E-state index < -0.39 is 20.4 Å². The zero-order valence-corrected chi connectivity index (χ0v) is 10.4. The van der Waals surface area contributed by atoms with E-state index in [-0.39, 0.29) is 4.23 Å². The summed E-state index contributed by atoms with van der Waals surface area (Å²) in [7, 11) is 2.04. The zero-order valence-electron chi connectivity index (χ0n) is 6.05. The quantitative estimate of drug-likeness (QED) is 0.165. The van der Waals surface area contributed by atoms with Gasteiger partial charge in [0.15, 0.2) is 0 Å². The Morgan fingerprint density at radius 2 is 2.55 bits per heavy atom. The van der Waals surface area contributed by atoms with Gasteiger partial charge in [-0.1, -0.05) is 0 Å². The van der Waals surface area contributed by atoms with Crippen molar-refractivity contribution >= 4 is 43.2 Å². The molecular formula is C4H11I2N4O+. The normalized spacial score (nSPS) is 38.5. The van der Waals surface area contributed by atoms with Gasteiger partial charge in [0, 0.05) is 0 Å². The van der Waals surface area contributed by atoms with Crippen LogP contribution in [0.5, 0.6) is 0 Å². The van der Waals surface area contributed by atoms with Gasteiger partial charge in [0.25, 0.3) is 0 Å². The van der Waals surface area contributed by atoms with E-state index in [1.165, 1.54) is 0 Å². The summed E-state index contributed by atoms with van der Waals surface area (Å²) in [5.74, 6) is 5.11. The molecule has 0 aromatic carbocycles. The van der Waals surface area contributed by atoms with E-state index >= 15 is 0 Å². The molecule has 0 radical (unpaired) electrons. The molecule has 1 rings (SSSR count). The van der Waals surface area contributed by atoms with Crippen LogP contribution in [0.25, 0.3) is 0 Å². The molecule has 1 aliphatic rings. The molecule has 0 spiro atoms. The van der Waals surface area contributed by atoms with Crippen molar-refractivity contribution in [1.82, 2.24) is 7.17 Å². The van der Waals surface area contributed by atoms with E-state index in [4.69, 9.17) is 10.7 Å². The molecule has 0 saturated carbocycles. The van der Waals surface area contributed by atoms with Gasteiger partial charge in [0.2, 0.25) is 0 Å². The molecule has 0 amide bonds. The van der Waals surface area contributed by atoms with Crippen LogP contribution in [-0.4, -0.2) is 14.1 Å². The second-order valence-electron chi connectivity index (χ2n) is 2.09. The van der Waals surface area contributed by atoms with Crippen LogP contribution in [0.3, 0.4) is 0 Å². The SMILES string of the molecule is C=CN[N+]1(C)C(ON)I1NI. The number of hydrogen-bond acceptors (Lipinski definition) is 4. The summed E-state index contributed by atoms with van der Waals surface area (Å²) < 4.78 is 4.01. The Bertz CT molecular complexity index is 156. The van der Waals surface area contributed by atoms with E-state index in [0.717, 1.165) is 0 Å². The van der Waals surface area contributed by atoms with Crippen LogP contribution in [0.2, 0.25) is 0 Å². The minimum absolute atomic E-state index is 0.120. The van der Waals surface area contributed by atoms with Crippen LogP contribution in [0.1, 0.15) is 0 Å². The average Bonchev–Trinajstić information content (AvgIpc) is 2.55. The van der Waals surface area contributed by atoms with Crippen molar-refractivity contribution < 1.29 is 7.64 Å². The van der Waals surface area contributed by atoms with Crippen LogP contribution in [0.4, 0.5) is 0 Å². The molecule has 5 nitrogen and oxygen atoms in total. The first kappa shape index (κ1) is 9.92. The molecule has 11 heavy (non-hydrogen) atoms. The number of rotatable bonds is 4. The first-order valence-electron chi connectivity index (χ1n) is 2.86. The van der Waals surface area contributed by atoms with Crippen LogP contribution in [0, 0.1) is 0 Å². The van der Waals surface area contributed by atoms with Gasteiger partial charge in [0.1, 0.15) is 0 Å². The van der Waals surface area contributed by atoms with Crippen LogP contribution < -0.4 is 13.1 Å². The first-order chi connectivity index (χ1) is 5.20. The van der Waals surface area contributed by atoms with E-state index in [9.17, 15) is 0 Å². The van der Waals surface area contributed by atoms with Crippen LogP contribution in [0.15, 0.2) is 12.8 Å². The van der Waals surface area contributed by atoms with E-state index in [2.05, 4.69) is 36.6 Å². The zero-order chi connectivity index (χ0) is 8.48.